The van der Waals surface area contributed by atoms with Crippen molar-refractivity contribution in [2.45, 2.75) is 19.4 Å². The molecule has 0 fully saturated rings. The standard InChI is InChI=1S/C16H16BrClFN/c1-10-4-3-5-11(6-10)7-16(20-2)12-8-14(18)13(17)9-15(12)19/h3-6,8-9,16,20H,7H2,1-2H3. The fourth-order valence-corrected chi connectivity index (χ4v) is 2.73. The van der Waals surface area contributed by atoms with E-state index in [1.807, 2.05) is 13.1 Å². The Morgan fingerprint density at radius 2 is 2.05 bits per heavy atom. The Balaban J connectivity index is 2.31. The third kappa shape index (κ3) is 3.60. The number of hydrogen-bond acceptors (Lipinski definition) is 1. The van der Waals surface area contributed by atoms with Crippen LogP contribution in [0.4, 0.5) is 4.39 Å². The summed E-state index contributed by atoms with van der Waals surface area (Å²) in [6.07, 6.45) is 0.715. The van der Waals surface area contributed by atoms with Gasteiger partial charge in [0.2, 0.25) is 0 Å². The Hall–Kier alpha value is -0.900. The first-order chi connectivity index (χ1) is 9.51. The van der Waals surface area contributed by atoms with Crippen LogP contribution in [0.3, 0.4) is 0 Å². The Kier molecular flexibility index (Phi) is 5.19. The van der Waals surface area contributed by atoms with Gasteiger partial charge in [-0.15, -0.1) is 0 Å². The normalized spacial score (nSPS) is 12.4. The SMILES string of the molecule is CNC(Cc1cccc(C)c1)c1cc(Cl)c(Br)cc1F. The van der Waals surface area contributed by atoms with Crippen molar-refractivity contribution in [1.29, 1.82) is 0 Å². The molecule has 0 bridgehead atoms. The quantitative estimate of drug-likeness (QED) is 0.756. The molecule has 0 aromatic heterocycles. The molecule has 0 aliphatic rings. The first-order valence-corrected chi connectivity index (χ1v) is 7.55. The molecular formula is C16H16BrClFN. The number of halogens is 3. The van der Waals surface area contributed by atoms with Crippen LogP contribution >= 0.6 is 27.5 Å². The van der Waals surface area contributed by atoms with Crippen molar-refractivity contribution in [1.82, 2.24) is 5.32 Å². The van der Waals surface area contributed by atoms with Crippen molar-refractivity contribution in [3.63, 3.8) is 0 Å². The van der Waals surface area contributed by atoms with Crippen LogP contribution in [-0.2, 0) is 6.42 Å². The van der Waals surface area contributed by atoms with Crippen molar-refractivity contribution < 1.29 is 4.39 Å². The zero-order chi connectivity index (χ0) is 14.7. The van der Waals surface area contributed by atoms with Gasteiger partial charge < -0.3 is 5.32 Å². The third-order valence-corrected chi connectivity index (χ3v) is 4.48. The summed E-state index contributed by atoms with van der Waals surface area (Å²) in [5, 5.41) is 3.68. The molecule has 0 spiro atoms. The van der Waals surface area contributed by atoms with Gasteiger partial charge in [0.15, 0.2) is 0 Å². The Bertz CT molecular complexity index is 615. The minimum absolute atomic E-state index is 0.109. The van der Waals surface area contributed by atoms with Gasteiger partial charge in [0.25, 0.3) is 0 Å². The summed E-state index contributed by atoms with van der Waals surface area (Å²) in [5.74, 6) is -0.256. The van der Waals surface area contributed by atoms with Gasteiger partial charge in [-0.25, -0.2) is 4.39 Å². The third-order valence-electron chi connectivity index (χ3n) is 3.29. The molecule has 1 N–H and O–H groups in total. The predicted octanol–water partition coefficient (Wildman–Crippen LogP) is 5.05. The summed E-state index contributed by atoms with van der Waals surface area (Å²) in [5.41, 5.74) is 2.96. The molecule has 2 rings (SSSR count). The number of hydrogen-bond donors (Lipinski definition) is 1. The first kappa shape index (κ1) is 15.5. The van der Waals surface area contributed by atoms with Crippen molar-refractivity contribution >= 4 is 27.5 Å². The van der Waals surface area contributed by atoms with E-state index in [1.54, 1.807) is 6.07 Å². The highest BCUT2D eigenvalue weighted by Crippen LogP contribution is 2.30. The molecule has 106 valence electrons. The van der Waals surface area contributed by atoms with Crippen LogP contribution in [0.25, 0.3) is 0 Å². The van der Waals surface area contributed by atoms with E-state index in [9.17, 15) is 4.39 Å². The van der Waals surface area contributed by atoms with Crippen LogP contribution in [0.1, 0.15) is 22.7 Å². The lowest BCUT2D eigenvalue weighted by Crippen LogP contribution is -2.20. The highest BCUT2D eigenvalue weighted by atomic mass is 79.9. The largest absolute Gasteiger partial charge is 0.313 e. The fraction of sp³-hybridized carbons (Fsp3) is 0.250. The minimum atomic E-state index is -0.256. The van der Waals surface area contributed by atoms with Crippen LogP contribution in [0, 0.1) is 12.7 Å². The minimum Gasteiger partial charge on any atom is -0.313 e. The Labute approximate surface area is 132 Å². The average molecular weight is 357 g/mol. The van der Waals surface area contributed by atoms with Crippen LogP contribution in [-0.4, -0.2) is 7.05 Å². The molecular weight excluding hydrogens is 341 g/mol. The van der Waals surface area contributed by atoms with Crippen molar-refractivity contribution in [3.05, 3.63) is 68.4 Å². The monoisotopic (exact) mass is 355 g/mol. The molecule has 2 aromatic rings. The Morgan fingerprint density at radius 3 is 2.70 bits per heavy atom. The van der Waals surface area contributed by atoms with Gasteiger partial charge in [0.1, 0.15) is 5.82 Å². The van der Waals surface area contributed by atoms with Crippen molar-refractivity contribution in [2.75, 3.05) is 7.05 Å². The zero-order valence-corrected chi connectivity index (χ0v) is 13.7. The fourth-order valence-electron chi connectivity index (χ4n) is 2.25. The molecule has 0 aliphatic carbocycles. The molecule has 4 heteroatoms. The van der Waals surface area contributed by atoms with Crippen molar-refractivity contribution in [3.8, 4) is 0 Å². The molecule has 1 nitrogen and oxygen atoms in total. The number of likely N-dealkylation sites (N-methyl/N-ethyl adjacent to an activating group) is 1. The second-order valence-electron chi connectivity index (χ2n) is 4.82. The van der Waals surface area contributed by atoms with Gasteiger partial charge in [-0.3, -0.25) is 0 Å². The maximum absolute atomic E-state index is 14.1. The van der Waals surface area contributed by atoms with Gasteiger partial charge in [0.05, 0.1) is 5.02 Å². The molecule has 0 aliphatic heterocycles. The van der Waals surface area contributed by atoms with Gasteiger partial charge >= 0.3 is 0 Å². The topological polar surface area (TPSA) is 12.0 Å². The zero-order valence-electron chi connectivity index (χ0n) is 11.4. The molecule has 0 amide bonds. The predicted molar refractivity (Wildman–Crippen MR) is 85.8 cm³/mol. The summed E-state index contributed by atoms with van der Waals surface area (Å²) in [4.78, 5) is 0. The van der Waals surface area contributed by atoms with E-state index in [-0.39, 0.29) is 11.9 Å². The summed E-state index contributed by atoms with van der Waals surface area (Å²) < 4.78 is 14.7. The van der Waals surface area contributed by atoms with Crippen LogP contribution in [0.5, 0.6) is 0 Å². The maximum atomic E-state index is 14.1. The van der Waals surface area contributed by atoms with E-state index in [0.717, 1.165) is 0 Å². The highest BCUT2D eigenvalue weighted by molar-refractivity contribution is 9.10. The van der Waals surface area contributed by atoms with Crippen molar-refractivity contribution in [2.24, 2.45) is 0 Å². The Morgan fingerprint density at radius 1 is 1.30 bits per heavy atom. The second-order valence-corrected chi connectivity index (χ2v) is 6.08. The van der Waals surface area contributed by atoms with Crippen LogP contribution in [0.15, 0.2) is 40.9 Å². The summed E-state index contributed by atoms with van der Waals surface area (Å²) >= 11 is 9.31. The molecule has 2 aromatic carbocycles. The van der Waals surface area contributed by atoms with Crippen LogP contribution in [0.2, 0.25) is 5.02 Å². The lowest BCUT2D eigenvalue weighted by molar-refractivity contribution is 0.533. The number of aryl methyl sites for hydroxylation is 1. The van der Waals surface area contributed by atoms with E-state index in [0.29, 0.717) is 21.5 Å². The molecule has 1 unspecified atom stereocenters. The molecule has 1 atom stereocenters. The van der Waals surface area contributed by atoms with Crippen LogP contribution < -0.4 is 5.32 Å². The number of nitrogens with one attached hydrogen (secondary N) is 1. The summed E-state index contributed by atoms with van der Waals surface area (Å²) in [6, 6.07) is 11.2. The average Bonchev–Trinajstić information content (AvgIpc) is 2.40. The number of benzene rings is 2. The lowest BCUT2D eigenvalue weighted by atomic mass is 9.97. The van der Waals surface area contributed by atoms with Gasteiger partial charge in [-0.1, -0.05) is 41.4 Å². The summed E-state index contributed by atoms with van der Waals surface area (Å²) in [6.45, 7) is 2.05. The van der Waals surface area contributed by atoms with E-state index < -0.39 is 0 Å². The highest BCUT2D eigenvalue weighted by Gasteiger charge is 2.16. The van der Waals surface area contributed by atoms with Gasteiger partial charge in [0, 0.05) is 16.1 Å². The lowest BCUT2D eigenvalue weighted by Gasteiger charge is -2.18. The molecule has 0 saturated carbocycles. The molecule has 0 saturated heterocycles. The number of rotatable bonds is 4. The molecule has 0 heterocycles. The van der Waals surface area contributed by atoms with E-state index in [4.69, 9.17) is 11.6 Å². The van der Waals surface area contributed by atoms with Gasteiger partial charge in [-0.2, -0.15) is 0 Å². The van der Waals surface area contributed by atoms with E-state index >= 15 is 0 Å². The smallest absolute Gasteiger partial charge is 0.129 e. The second kappa shape index (κ2) is 6.70. The summed E-state index contributed by atoms with van der Waals surface area (Å²) in [7, 11) is 1.83. The van der Waals surface area contributed by atoms with E-state index in [1.165, 1.54) is 17.2 Å². The molecule has 20 heavy (non-hydrogen) atoms. The first-order valence-electron chi connectivity index (χ1n) is 6.38. The molecule has 0 radical (unpaired) electrons. The maximum Gasteiger partial charge on any atom is 0.129 e. The van der Waals surface area contributed by atoms with E-state index in [2.05, 4.69) is 46.4 Å². The van der Waals surface area contributed by atoms with Gasteiger partial charge in [-0.05, 0) is 54.0 Å².